The predicted octanol–water partition coefficient (Wildman–Crippen LogP) is 3.79. The number of rotatable bonds is 4. The van der Waals surface area contributed by atoms with Gasteiger partial charge in [0, 0.05) is 18.8 Å². The molecule has 0 N–H and O–H groups in total. The Kier molecular flexibility index (Phi) is 4.29. The lowest BCUT2D eigenvalue weighted by atomic mass is 10.0. The summed E-state index contributed by atoms with van der Waals surface area (Å²) in [6, 6.07) is 18.1. The van der Waals surface area contributed by atoms with Crippen LogP contribution in [0.5, 0.6) is 5.75 Å². The number of benzene rings is 2. The maximum atomic E-state index is 12.7. The van der Waals surface area contributed by atoms with Crippen molar-refractivity contribution >= 4 is 11.8 Å². The zero-order valence-corrected chi connectivity index (χ0v) is 13.5. The fourth-order valence-electron chi connectivity index (χ4n) is 2.76. The zero-order chi connectivity index (χ0) is 17.1. The summed E-state index contributed by atoms with van der Waals surface area (Å²) >= 11 is 0. The zero-order valence-electron chi connectivity index (χ0n) is 13.5. The van der Waals surface area contributed by atoms with Gasteiger partial charge in [-0.3, -0.25) is 4.79 Å². The Labute approximate surface area is 140 Å². The number of ether oxygens (including phenoxy) is 1. The number of esters is 1. The van der Waals surface area contributed by atoms with Crippen molar-refractivity contribution in [3.8, 4) is 16.9 Å². The van der Waals surface area contributed by atoms with Crippen molar-refractivity contribution in [3.63, 3.8) is 0 Å². The van der Waals surface area contributed by atoms with Gasteiger partial charge in [0.15, 0.2) is 0 Å². The van der Waals surface area contributed by atoms with Crippen LogP contribution in [0.1, 0.15) is 16.1 Å². The first-order valence-corrected chi connectivity index (χ1v) is 7.61. The monoisotopic (exact) mass is 319 g/mol. The van der Waals surface area contributed by atoms with Crippen molar-refractivity contribution in [1.29, 1.82) is 0 Å². The third-order valence-electron chi connectivity index (χ3n) is 3.79. The van der Waals surface area contributed by atoms with E-state index in [1.54, 1.807) is 35.9 Å². The lowest BCUT2D eigenvalue weighted by Crippen LogP contribution is -2.23. The Morgan fingerprint density at radius 3 is 2.12 bits per heavy atom. The van der Waals surface area contributed by atoms with Crippen LogP contribution in [0.25, 0.3) is 11.1 Å². The summed E-state index contributed by atoms with van der Waals surface area (Å²) in [6.45, 7) is 1.92. The Bertz CT molecular complexity index is 880. The van der Waals surface area contributed by atoms with Crippen LogP contribution in [-0.2, 0) is 11.8 Å². The van der Waals surface area contributed by atoms with Crippen LogP contribution >= 0.6 is 0 Å². The largest absolute Gasteiger partial charge is 0.420 e. The summed E-state index contributed by atoms with van der Waals surface area (Å²) < 4.78 is 6.86. The van der Waals surface area contributed by atoms with Crippen molar-refractivity contribution in [2.45, 2.75) is 6.92 Å². The number of carbonyl (C=O) groups is 2. The molecular formula is C20H17NO3. The van der Waals surface area contributed by atoms with E-state index in [9.17, 15) is 9.59 Å². The van der Waals surface area contributed by atoms with Gasteiger partial charge < -0.3 is 9.30 Å². The van der Waals surface area contributed by atoms with E-state index in [1.165, 1.54) is 0 Å². The second-order valence-corrected chi connectivity index (χ2v) is 5.54. The molecule has 0 bridgehead atoms. The number of Topliss-reactive ketones (excluding diaryl/α,β-unsaturated/α-hetero) is 1. The van der Waals surface area contributed by atoms with Gasteiger partial charge in [0.1, 0.15) is 11.4 Å². The second kappa shape index (κ2) is 6.54. The molecule has 0 aliphatic carbocycles. The Morgan fingerprint density at radius 2 is 1.50 bits per heavy atom. The molecule has 0 aliphatic rings. The van der Waals surface area contributed by atoms with Gasteiger partial charge in [0.2, 0.25) is 0 Å². The van der Waals surface area contributed by atoms with Crippen LogP contribution in [-0.4, -0.2) is 16.3 Å². The van der Waals surface area contributed by atoms with Crippen LogP contribution in [0.2, 0.25) is 0 Å². The van der Waals surface area contributed by atoms with Crippen molar-refractivity contribution in [1.82, 2.24) is 4.57 Å². The molecule has 0 aliphatic heterocycles. The van der Waals surface area contributed by atoms with Crippen LogP contribution in [0, 0.1) is 6.92 Å². The first-order chi connectivity index (χ1) is 11.6. The minimum Gasteiger partial charge on any atom is -0.420 e. The Balaban J connectivity index is 1.97. The summed E-state index contributed by atoms with van der Waals surface area (Å²) in [7, 11) is 1.75. The fourth-order valence-corrected chi connectivity index (χ4v) is 2.76. The summed E-state index contributed by atoms with van der Waals surface area (Å²) in [5, 5.41) is 0. The van der Waals surface area contributed by atoms with Gasteiger partial charge in [-0.05, 0) is 30.2 Å². The highest BCUT2D eigenvalue weighted by Gasteiger charge is 2.27. The minimum atomic E-state index is -0.889. The molecule has 1 heterocycles. The van der Waals surface area contributed by atoms with E-state index in [1.807, 2.05) is 49.5 Å². The third kappa shape index (κ3) is 2.99. The third-order valence-corrected chi connectivity index (χ3v) is 3.79. The standard InChI is InChI=1S/C20H17NO3/c1-14-13-21(2)18(17(14)15-9-5-3-6-10-15)19(22)20(23)24-16-11-7-4-8-12-16/h3-13H,1-2H3. The fraction of sp³-hybridized carbons (Fsp3) is 0.100. The lowest BCUT2D eigenvalue weighted by molar-refractivity contribution is -0.129. The summed E-state index contributed by atoms with van der Waals surface area (Å²) in [5.74, 6) is -1.20. The van der Waals surface area contributed by atoms with E-state index in [2.05, 4.69) is 0 Å². The van der Waals surface area contributed by atoms with Crippen molar-refractivity contribution in [3.05, 3.63) is 78.1 Å². The van der Waals surface area contributed by atoms with Crippen LogP contribution in [0.3, 0.4) is 0 Å². The highest BCUT2D eigenvalue weighted by Crippen LogP contribution is 2.29. The molecule has 2 aromatic carbocycles. The molecule has 4 heteroatoms. The molecule has 0 radical (unpaired) electrons. The smallest absolute Gasteiger partial charge is 0.386 e. The van der Waals surface area contributed by atoms with Crippen molar-refractivity contribution in [2.75, 3.05) is 0 Å². The van der Waals surface area contributed by atoms with Gasteiger partial charge in [0.25, 0.3) is 5.78 Å². The molecular weight excluding hydrogens is 302 g/mol. The topological polar surface area (TPSA) is 48.3 Å². The molecule has 24 heavy (non-hydrogen) atoms. The molecule has 0 unspecified atom stereocenters. The lowest BCUT2D eigenvalue weighted by Gasteiger charge is -2.08. The Morgan fingerprint density at radius 1 is 0.917 bits per heavy atom. The van der Waals surface area contributed by atoms with Crippen LogP contribution < -0.4 is 4.74 Å². The molecule has 3 rings (SSSR count). The molecule has 0 saturated carbocycles. The van der Waals surface area contributed by atoms with Crippen molar-refractivity contribution in [2.24, 2.45) is 7.05 Å². The number of ketones is 1. The predicted molar refractivity (Wildman–Crippen MR) is 92.0 cm³/mol. The summed E-state index contributed by atoms with van der Waals surface area (Å²) in [5.41, 5.74) is 2.92. The van der Waals surface area contributed by atoms with Gasteiger partial charge in [-0.25, -0.2) is 4.79 Å². The van der Waals surface area contributed by atoms with E-state index in [-0.39, 0.29) is 0 Å². The number of carbonyl (C=O) groups excluding carboxylic acids is 2. The van der Waals surface area contributed by atoms with Crippen molar-refractivity contribution < 1.29 is 14.3 Å². The van der Waals surface area contributed by atoms with E-state index in [4.69, 9.17) is 4.74 Å². The molecule has 0 atom stereocenters. The van der Waals surface area contributed by atoms with Gasteiger partial charge in [0.05, 0.1) is 0 Å². The quantitative estimate of drug-likeness (QED) is 0.318. The maximum Gasteiger partial charge on any atom is 0.386 e. The minimum absolute atomic E-state index is 0.333. The van der Waals surface area contributed by atoms with Gasteiger partial charge in [-0.15, -0.1) is 0 Å². The van der Waals surface area contributed by atoms with Gasteiger partial charge >= 0.3 is 5.97 Å². The van der Waals surface area contributed by atoms with Gasteiger partial charge in [-0.2, -0.15) is 0 Å². The van der Waals surface area contributed by atoms with Crippen LogP contribution in [0.4, 0.5) is 0 Å². The van der Waals surface area contributed by atoms with E-state index < -0.39 is 11.8 Å². The first kappa shape index (κ1) is 15.7. The number of hydrogen-bond acceptors (Lipinski definition) is 3. The molecule has 0 spiro atoms. The average molecular weight is 319 g/mol. The summed E-state index contributed by atoms with van der Waals surface area (Å²) in [4.78, 5) is 25.0. The Hall–Kier alpha value is -3.14. The SMILES string of the molecule is Cc1cn(C)c(C(=O)C(=O)Oc2ccccc2)c1-c1ccccc1. The second-order valence-electron chi connectivity index (χ2n) is 5.54. The number of para-hydroxylation sites is 1. The molecule has 1 aromatic heterocycles. The molecule has 120 valence electrons. The molecule has 4 nitrogen and oxygen atoms in total. The van der Waals surface area contributed by atoms with E-state index >= 15 is 0 Å². The van der Waals surface area contributed by atoms with Gasteiger partial charge in [-0.1, -0.05) is 48.5 Å². The highest BCUT2D eigenvalue weighted by molar-refractivity contribution is 6.42. The van der Waals surface area contributed by atoms with Crippen LogP contribution in [0.15, 0.2) is 66.9 Å². The highest BCUT2D eigenvalue weighted by atomic mass is 16.5. The van der Waals surface area contributed by atoms with E-state index in [0.717, 1.165) is 16.7 Å². The molecule has 0 saturated heterocycles. The number of aromatic nitrogens is 1. The van der Waals surface area contributed by atoms with E-state index in [0.29, 0.717) is 11.4 Å². The number of nitrogens with zero attached hydrogens (tertiary/aromatic N) is 1. The molecule has 3 aromatic rings. The molecule has 0 fully saturated rings. The first-order valence-electron chi connectivity index (χ1n) is 7.61. The number of hydrogen-bond donors (Lipinski definition) is 0. The summed E-state index contributed by atoms with van der Waals surface area (Å²) in [6.07, 6.45) is 1.84. The average Bonchev–Trinajstić information content (AvgIpc) is 2.90. The maximum absolute atomic E-state index is 12.7. The normalized spacial score (nSPS) is 10.4. The molecule has 0 amide bonds. The number of aryl methyl sites for hydroxylation is 2.